The number of hydrogen-bond acceptors (Lipinski definition) is 8. The Balaban J connectivity index is 4.08. The van der Waals surface area contributed by atoms with Gasteiger partial charge in [-0.3, -0.25) is 18.6 Å². The first-order valence-corrected chi connectivity index (χ1v) is 29.8. The van der Waals surface area contributed by atoms with E-state index in [1.54, 1.807) is 0 Å². The molecule has 0 bridgehead atoms. The topological polar surface area (TPSA) is 155 Å². The minimum atomic E-state index is -4.63. The van der Waals surface area contributed by atoms with Gasteiger partial charge < -0.3 is 25.2 Å². The van der Waals surface area contributed by atoms with Crippen LogP contribution in [0.3, 0.4) is 0 Å². The largest absolute Gasteiger partial charge is 0.480 e. The number of esters is 1. The minimum absolute atomic E-state index is 0.0148. The molecule has 0 aromatic carbocycles. The Labute approximate surface area is 423 Å². The van der Waals surface area contributed by atoms with Crippen LogP contribution in [0.25, 0.3) is 0 Å². The first-order chi connectivity index (χ1) is 33.7. The molecule has 0 aromatic rings. The monoisotopic (exact) mass is 992 g/mol. The van der Waals surface area contributed by atoms with Crippen LogP contribution in [-0.4, -0.2) is 60.5 Å². The third-order valence-corrected chi connectivity index (χ3v) is 13.2. The van der Waals surface area contributed by atoms with E-state index in [9.17, 15) is 19.0 Å². The summed E-state index contributed by atoms with van der Waals surface area (Å²) in [5.41, 5.74) is 5.39. The number of carbonyl (C=O) groups is 2. The lowest BCUT2D eigenvalue weighted by molar-refractivity contribution is -0.154. The molecular weight excluding hydrogens is 886 g/mol. The van der Waals surface area contributed by atoms with Gasteiger partial charge in [0.25, 0.3) is 0 Å². The maximum absolute atomic E-state index is 12.7. The van der Waals surface area contributed by atoms with Crippen molar-refractivity contribution in [1.29, 1.82) is 0 Å². The second kappa shape index (κ2) is 53.5. The molecule has 0 aliphatic carbocycles. The van der Waals surface area contributed by atoms with E-state index in [1.807, 2.05) is 0 Å². The first-order valence-electron chi connectivity index (χ1n) is 28.3. The zero-order valence-corrected chi connectivity index (χ0v) is 45.3. The predicted molar refractivity (Wildman–Crippen MR) is 291 cm³/mol. The van der Waals surface area contributed by atoms with Crippen molar-refractivity contribution in [3.63, 3.8) is 0 Å². The highest BCUT2D eigenvalue weighted by Crippen LogP contribution is 2.43. The fourth-order valence-corrected chi connectivity index (χ4v) is 8.72. The normalized spacial score (nSPS) is 14.0. The molecule has 11 heteroatoms. The summed E-state index contributed by atoms with van der Waals surface area (Å²) in [6.45, 7) is 3.80. The van der Waals surface area contributed by atoms with E-state index in [4.69, 9.17) is 29.4 Å². The summed E-state index contributed by atoms with van der Waals surface area (Å²) in [7, 11) is -4.63. The molecule has 69 heavy (non-hydrogen) atoms. The number of carboxylic acid groups (broad SMARTS) is 1. The summed E-state index contributed by atoms with van der Waals surface area (Å²) in [4.78, 5) is 33.8. The van der Waals surface area contributed by atoms with Crippen molar-refractivity contribution in [2.24, 2.45) is 5.73 Å². The quantitative estimate of drug-likeness (QED) is 0.0232. The lowest BCUT2D eigenvalue weighted by Gasteiger charge is -2.20. The van der Waals surface area contributed by atoms with E-state index in [1.165, 1.54) is 161 Å². The molecule has 3 unspecified atom stereocenters. The van der Waals surface area contributed by atoms with Crippen LogP contribution in [0.5, 0.6) is 0 Å². The molecule has 0 amide bonds. The molecular formula is C58H106NO9P. The molecule has 0 fully saturated rings. The Morgan fingerprint density at radius 1 is 0.478 bits per heavy atom. The van der Waals surface area contributed by atoms with Gasteiger partial charge in [0, 0.05) is 13.0 Å². The minimum Gasteiger partial charge on any atom is -0.480 e. The van der Waals surface area contributed by atoms with Crippen LogP contribution in [-0.2, 0) is 32.7 Å². The molecule has 0 heterocycles. The molecule has 0 aliphatic heterocycles. The van der Waals surface area contributed by atoms with Gasteiger partial charge in [0.1, 0.15) is 12.1 Å². The summed E-state index contributed by atoms with van der Waals surface area (Å²) >= 11 is 0. The summed E-state index contributed by atoms with van der Waals surface area (Å²) in [6, 6.07) is -1.48. The van der Waals surface area contributed by atoms with Crippen molar-refractivity contribution in [2.45, 2.75) is 270 Å². The van der Waals surface area contributed by atoms with E-state index in [0.29, 0.717) is 13.0 Å². The highest BCUT2D eigenvalue weighted by molar-refractivity contribution is 7.47. The molecule has 0 rings (SSSR count). The maximum atomic E-state index is 12.7. The number of hydrogen-bond donors (Lipinski definition) is 3. The van der Waals surface area contributed by atoms with Crippen LogP contribution in [0.1, 0.15) is 258 Å². The second-order valence-electron chi connectivity index (χ2n) is 19.0. The highest BCUT2D eigenvalue weighted by atomic mass is 31.2. The van der Waals surface area contributed by atoms with Gasteiger partial charge in [-0.2, -0.15) is 0 Å². The SMILES string of the molecule is CC/C=C\C/C=C\C/C=C\C/C=C\CCCCCCCCCCCCC(=O)OC(COCCCCCCCCCCCCCC/C=C\CCCCCCCCCC)COP(=O)(O)OCC(N)C(=O)O. The predicted octanol–water partition coefficient (Wildman–Crippen LogP) is 17.1. The second-order valence-corrected chi connectivity index (χ2v) is 20.5. The van der Waals surface area contributed by atoms with E-state index < -0.39 is 45.1 Å². The number of rotatable bonds is 54. The number of aliphatic carboxylic acids is 1. The van der Waals surface area contributed by atoms with E-state index >= 15 is 0 Å². The van der Waals surface area contributed by atoms with Crippen molar-refractivity contribution < 1.29 is 42.7 Å². The van der Waals surface area contributed by atoms with Crippen LogP contribution < -0.4 is 5.73 Å². The molecule has 0 aromatic heterocycles. The number of carboxylic acids is 1. The Kier molecular flexibility index (Phi) is 51.7. The van der Waals surface area contributed by atoms with Crippen molar-refractivity contribution in [2.75, 3.05) is 26.4 Å². The maximum Gasteiger partial charge on any atom is 0.472 e. The van der Waals surface area contributed by atoms with Crippen LogP contribution in [0.4, 0.5) is 0 Å². The Bertz CT molecular complexity index is 1330. The van der Waals surface area contributed by atoms with Gasteiger partial charge in [-0.15, -0.1) is 0 Å². The highest BCUT2D eigenvalue weighted by Gasteiger charge is 2.27. The van der Waals surface area contributed by atoms with E-state index in [-0.39, 0.29) is 13.0 Å². The zero-order valence-electron chi connectivity index (χ0n) is 44.4. The van der Waals surface area contributed by atoms with Gasteiger partial charge in [-0.05, 0) is 77.0 Å². The number of phosphoric acid groups is 1. The standard InChI is InChI=1S/C58H106NO9P/c1-3-5-7-9-11-13-15-17-19-21-23-25-27-29-31-33-35-37-39-41-43-45-47-49-51-65-52-55(53-66-69(63,64)67-54-56(59)58(61)62)68-57(60)50-48-46-44-42-40-38-36-34-32-30-28-26-24-22-20-18-16-14-12-10-8-6-4-2/h6,8,12,14,18,20-21,23-24,26,55-56H,3-5,7,9-11,13,15-17,19,22,25,27-54,59H2,1-2H3,(H,61,62)(H,63,64)/b8-6-,14-12-,20-18-,23-21-,26-24-. The number of ether oxygens (including phenoxy) is 2. The lowest BCUT2D eigenvalue weighted by atomic mass is 10.0. The van der Waals surface area contributed by atoms with Gasteiger partial charge in [-0.25, -0.2) is 4.57 Å². The molecule has 3 atom stereocenters. The van der Waals surface area contributed by atoms with E-state index in [2.05, 4.69) is 74.6 Å². The van der Waals surface area contributed by atoms with Crippen LogP contribution in [0, 0.1) is 0 Å². The van der Waals surface area contributed by atoms with E-state index in [0.717, 1.165) is 70.6 Å². The molecule has 0 saturated heterocycles. The van der Waals surface area contributed by atoms with Crippen LogP contribution in [0.2, 0.25) is 0 Å². The summed E-state index contributed by atoms with van der Waals surface area (Å²) < 4.78 is 33.6. The molecule has 0 spiro atoms. The summed E-state index contributed by atoms with van der Waals surface area (Å²) in [5, 5.41) is 8.95. The van der Waals surface area contributed by atoms with Crippen molar-refractivity contribution in [3.05, 3.63) is 60.8 Å². The third kappa shape index (κ3) is 53.3. The average molecular weight is 992 g/mol. The molecule has 0 aliphatic rings. The molecule has 4 N–H and O–H groups in total. The smallest absolute Gasteiger partial charge is 0.472 e. The Morgan fingerprint density at radius 3 is 1.28 bits per heavy atom. The van der Waals surface area contributed by atoms with Gasteiger partial charge in [0.2, 0.25) is 0 Å². The Morgan fingerprint density at radius 2 is 0.841 bits per heavy atom. The summed E-state index contributed by atoms with van der Waals surface area (Å²) in [6.07, 6.45) is 67.1. The third-order valence-electron chi connectivity index (χ3n) is 12.3. The molecule has 402 valence electrons. The van der Waals surface area contributed by atoms with Crippen molar-refractivity contribution in [3.8, 4) is 0 Å². The number of phosphoric ester groups is 1. The molecule has 10 nitrogen and oxygen atoms in total. The lowest BCUT2D eigenvalue weighted by Crippen LogP contribution is -2.34. The molecule has 0 saturated carbocycles. The number of nitrogens with two attached hydrogens (primary N) is 1. The number of carbonyl (C=O) groups excluding carboxylic acids is 1. The number of allylic oxidation sites excluding steroid dienone is 10. The summed E-state index contributed by atoms with van der Waals surface area (Å²) in [5.74, 6) is -1.78. The molecule has 0 radical (unpaired) electrons. The fourth-order valence-electron chi connectivity index (χ4n) is 7.95. The van der Waals surface area contributed by atoms with Gasteiger partial charge in [0.15, 0.2) is 0 Å². The van der Waals surface area contributed by atoms with Gasteiger partial charge in [-0.1, -0.05) is 235 Å². The van der Waals surface area contributed by atoms with Crippen LogP contribution >= 0.6 is 7.82 Å². The van der Waals surface area contributed by atoms with Gasteiger partial charge in [0.05, 0.1) is 19.8 Å². The zero-order chi connectivity index (χ0) is 50.4. The number of unbranched alkanes of at least 4 members (excludes halogenated alkanes) is 30. The van der Waals surface area contributed by atoms with Crippen LogP contribution in [0.15, 0.2) is 60.8 Å². The average Bonchev–Trinajstić information content (AvgIpc) is 3.33. The Hall–Kier alpha value is -2.33. The van der Waals surface area contributed by atoms with Crippen molar-refractivity contribution >= 4 is 19.8 Å². The fraction of sp³-hybridized carbons (Fsp3) is 0.793. The first kappa shape index (κ1) is 66.7. The van der Waals surface area contributed by atoms with Gasteiger partial charge >= 0.3 is 19.8 Å². The van der Waals surface area contributed by atoms with Crippen molar-refractivity contribution in [1.82, 2.24) is 0 Å².